The first-order chi connectivity index (χ1) is 10.5. The molecule has 1 aliphatic heterocycles. The Morgan fingerprint density at radius 3 is 2.05 bits per heavy atom. The van der Waals surface area contributed by atoms with Gasteiger partial charge in [-0.05, 0) is 24.3 Å². The summed E-state index contributed by atoms with van der Waals surface area (Å²) in [6.07, 6.45) is -0.369. The first-order valence-electron chi connectivity index (χ1n) is 7.01. The molecule has 0 aliphatic carbocycles. The van der Waals surface area contributed by atoms with Crippen LogP contribution in [0.25, 0.3) is 0 Å². The van der Waals surface area contributed by atoms with Gasteiger partial charge in [-0.3, -0.25) is 9.59 Å². The number of ether oxygens (including phenoxy) is 1. The quantitative estimate of drug-likeness (QED) is 0.889. The van der Waals surface area contributed by atoms with Crippen molar-refractivity contribution in [3.63, 3.8) is 0 Å². The van der Waals surface area contributed by atoms with Gasteiger partial charge < -0.3 is 19.9 Å². The Hall–Kier alpha value is -2.57. The molecule has 3 amide bonds. The highest BCUT2D eigenvalue weighted by molar-refractivity contribution is 5.95. The highest BCUT2D eigenvalue weighted by Crippen LogP contribution is 2.13. The molecule has 0 radical (unpaired) electrons. The summed E-state index contributed by atoms with van der Waals surface area (Å²) in [5, 5.41) is 2.65. The van der Waals surface area contributed by atoms with E-state index in [1.807, 2.05) is 0 Å². The monoisotopic (exact) mass is 305 g/mol. The Labute approximate surface area is 128 Å². The zero-order valence-electron chi connectivity index (χ0n) is 12.7. The maximum Gasteiger partial charge on any atom is 0.409 e. The minimum Gasteiger partial charge on any atom is -0.453 e. The third kappa shape index (κ3) is 3.75. The molecule has 1 heterocycles. The molecular weight excluding hydrogens is 286 g/mol. The van der Waals surface area contributed by atoms with E-state index in [0.29, 0.717) is 37.4 Å². The van der Waals surface area contributed by atoms with Gasteiger partial charge in [0.05, 0.1) is 7.11 Å². The highest BCUT2D eigenvalue weighted by Gasteiger charge is 2.25. The largest absolute Gasteiger partial charge is 0.453 e. The van der Waals surface area contributed by atoms with Crippen LogP contribution in [-0.2, 0) is 9.53 Å². The van der Waals surface area contributed by atoms with Crippen LogP contribution in [0.4, 0.5) is 10.5 Å². The minimum absolute atomic E-state index is 0.0844. The molecule has 0 bridgehead atoms. The summed E-state index contributed by atoms with van der Waals surface area (Å²) in [5.41, 5.74) is 1.21. The lowest BCUT2D eigenvalue weighted by Gasteiger charge is -2.33. The fourth-order valence-electron chi connectivity index (χ4n) is 2.30. The molecular formula is C15H19N3O4. The molecule has 22 heavy (non-hydrogen) atoms. The number of carbonyl (C=O) groups excluding carboxylic acids is 3. The normalized spacial score (nSPS) is 14.5. The molecule has 0 saturated carbocycles. The summed E-state index contributed by atoms with van der Waals surface area (Å²) >= 11 is 0. The zero-order valence-corrected chi connectivity index (χ0v) is 12.7. The standard InChI is InChI=1S/C15H19N3O4/c1-11(19)16-13-5-3-12(4-6-13)14(20)17-7-9-18(10-8-17)15(21)22-2/h3-6H,7-10H2,1-2H3,(H,16,19). The van der Waals surface area contributed by atoms with E-state index in [-0.39, 0.29) is 17.9 Å². The van der Waals surface area contributed by atoms with Crippen LogP contribution in [0.5, 0.6) is 0 Å². The number of carbonyl (C=O) groups is 3. The van der Waals surface area contributed by atoms with E-state index in [9.17, 15) is 14.4 Å². The molecule has 0 aromatic heterocycles. The molecule has 7 nitrogen and oxygen atoms in total. The van der Waals surface area contributed by atoms with E-state index in [1.165, 1.54) is 14.0 Å². The second-order valence-corrected chi connectivity index (χ2v) is 5.01. The van der Waals surface area contributed by atoms with E-state index in [0.717, 1.165) is 0 Å². The van der Waals surface area contributed by atoms with Gasteiger partial charge in [-0.25, -0.2) is 4.79 Å². The molecule has 1 N–H and O–H groups in total. The van der Waals surface area contributed by atoms with Gasteiger partial charge in [-0.2, -0.15) is 0 Å². The SMILES string of the molecule is COC(=O)N1CCN(C(=O)c2ccc(NC(C)=O)cc2)CC1. The highest BCUT2D eigenvalue weighted by atomic mass is 16.5. The Morgan fingerprint density at radius 1 is 1.00 bits per heavy atom. The van der Waals surface area contributed by atoms with E-state index in [4.69, 9.17) is 0 Å². The second kappa shape index (κ2) is 6.93. The molecule has 1 aliphatic rings. The first-order valence-corrected chi connectivity index (χ1v) is 7.01. The fourth-order valence-corrected chi connectivity index (χ4v) is 2.30. The van der Waals surface area contributed by atoms with Crippen molar-refractivity contribution in [3.8, 4) is 0 Å². The van der Waals surface area contributed by atoms with Crippen LogP contribution in [0, 0.1) is 0 Å². The molecule has 0 spiro atoms. The Kier molecular flexibility index (Phi) is 4.98. The van der Waals surface area contributed by atoms with Crippen molar-refractivity contribution in [2.24, 2.45) is 0 Å². The van der Waals surface area contributed by atoms with Crippen LogP contribution in [0.3, 0.4) is 0 Å². The number of hydrogen-bond acceptors (Lipinski definition) is 4. The van der Waals surface area contributed by atoms with Crippen molar-refractivity contribution in [3.05, 3.63) is 29.8 Å². The van der Waals surface area contributed by atoms with Crippen LogP contribution in [0.2, 0.25) is 0 Å². The van der Waals surface area contributed by atoms with Crippen LogP contribution in [0.1, 0.15) is 17.3 Å². The first kappa shape index (κ1) is 15.8. The number of amides is 3. The van der Waals surface area contributed by atoms with Crippen LogP contribution < -0.4 is 5.32 Å². The van der Waals surface area contributed by atoms with Crippen molar-refractivity contribution < 1.29 is 19.1 Å². The summed E-state index contributed by atoms with van der Waals surface area (Å²) in [7, 11) is 1.34. The van der Waals surface area contributed by atoms with Crippen molar-refractivity contribution in [2.75, 3.05) is 38.6 Å². The molecule has 1 aromatic rings. The van der Waals surface area contributed by atoms with Crippen molar-refractivity contribution >= 4 is 23.6 Å². The summed E-state index contributed by atoms with van der Waals surface area (Å²) in [6.45, 7) is 3.30. The third-order valence-electron chi connectivity index (χ3n) is 3.45. The molecule has 1 aromatic carbocycles. The zero-order chi connectivity index (χ0) is 16.1. The maximum atomic E-state index is 12.4. The second-order valence-electron chi connectivity index (χ2n) is 5.01. The fraction of sp³-hybridized carbons (Fsp3) is 0.400. The van der Waals surface area contributed by atoms with Gasteiger partial charge in [0.2, 0.25) is 5.91 Å². The average Bonchev–Trinajstić information content (AvgIpc) is 2.54. The predicted octanol–water partition coefficient (Wildman–Crippen LogP) is 1.17. The van der Waals surface area contributed by atoms with Gasteiger partial charge in [0.15, 0.2) is 0 Å². The number of hydrogen-bond donors (Lipinski definition) is 1. The molecule has 0 atom stereocenters. The molecule has 1 saturated heterocycles. The summed E-state index contributed by atoms with van der Waals surface area (Å²) in [6, 6.07) is 6.75. The lowest BCUT2D eigenvalue weighted by molar-refractivity contribution is -0.114. The van der Waals surface area contributed by atoms with E-state index < -0.39 is 0 Å². The van der Waals surface area contributed by atoms with Gasteiger partial charge in [0, 0.05) is 44.4 Å². The number of benzene rings is 1. The van der Waals surface area contributed by atoms with Gasteiger partial charge in [-0.1, -0.05) is 0 Å². The molecule has 0 unspecified atom stereocenters. The summed E-state index contributed by atoms with van der Waals surface area (Å²) < 4.78 is 4.66. The summed E-state index contributed by atoms with van der Waals surface area (Å²) in [4.78, 5) is 38.0. The predicted molar refractivity (Wildman–Crippen MR) is 80.6 cm³/mol. The Bertz CT molecular complexity index is 563. The minimum atomic E-state index is -0.369. The number of nitrogens with one attached hydrogen (secondary N) is 1. The van der Waals surface area contributed by atoms with E-state index >= 15 is 0 Å². The maximum absolute atomic E-state index is 12.4. The number of rotatable bonds is 2. The molecule has 7 heteroatoms. The van der Waals surface area contributed by atoms with Crippen molar-refractivity contribution in [1.29, 1.82) is 0 Å². The van der Waals surface area contributed by atoms with E-state index in [1.54, 1.807) is 34.1 Å². The third-order valence-corrected chi connectivity index (χ3v) is 3.45. The van der Waals surface area contributed by atoms with Crippen LogP contribution in [-0.4, -0.2) is 61.0 Å². The van der Waals surface area contributed by atoms with Crippen molar-refractivity contribution in [2.45, 2.75) is 6.92 Å². The average molecular weight is 305 g/mol. The van der Waals surface area contributed by atoms with Gasteiger partial charge in [0.25, 0.3) is 5.91 Å². The molecule has 118 valence electrons. The lowest BCUT2D eigenvalue weighted by Crippen LogP contribution is -2.50. The van der Waals surface area contributed by atoms with Crippen molar-refractivity contribution in [1.82, 2.24) is 9.80 Å². The van der Waals surface area contributed by atoms with Gasteiger partial charge in [-0.15, -0.1) is 0 Å². The number of piperazine rings is 1. The molecule has 1 fully saturated rings. The summed E-state index contributed by atoms with van der Waals surface area (Å²) in [5.74, 6) is -0.239. The number of nitrogens with zero attached hydrogens (tertiary/aromatic N) is 2. The number of methoxy groups -OCH3 is 1. The number of anilines is 1. The lowest BCUT2D eigenvalue weighted by atomic mass is 10.1. The van der Waals surface area contributed by atoms with Crippen LogP contribution >= 0.6 is 0 Å². The van der Waals surface area contributed by atoms with Gasteiger partial charge in [0.1, 0.15) is 0 Å². The van der Waals surface area contributed by atoms with Gasteiger partial charge >= 0.3 is 6.09 Å². The topological polar surface area (TPSA) is 79.0 Å². The Morgan fingerprint density at radius 2 is 1.55 bits per heavy atom. The van der Waals surface area contributed by atoms with E-state index in [2.05, 4.69) is 10.1 Å². The molecule has 2 rings (SSSR count). The Balaban J connectivity index is 1.95. The van der Waals surface area contributed by atoms with Crippen LogP contribution in [0.15, 0.2) is 24.3 Å². The smallest absolute Gasteiger partial charge is 0.409 e.